The highest BCUT2D eigenvalue weighted by molar-refractivity contribution is 5.85. The number of fused-ring (bicyclic) bond motifs is 1. The quantitative estimate of drug-likeness (QED) is 0.367. The maximum Gasteiger partial charge on any atom is 0.309 e. The Morgan fingerprint density at radius 2 is 1.87 bits per heavy atom. The van der Waals surface area contributed by atoms with Gasteiger partial charge in [-0.25, -0.2) is 13.2 Å². The Kier molecular flexibility index (Phi) is 8.75. The second-order valence-corrected chi connectivity index (χ2v) is 9.70. The number of carbonyl (C=O) groups is 1. The average Bonchev–Trinajstić information content (AvgIpc) is 2.92. The van der Waals surface area contributed by atoms with Crippen LogP contribution in [0, 0.1) is 34.7 Å². The van der Waals surface area contributed by atoms with Crippen molar-refractivity contribution in [3.05, 3.63) is 70.7 Å². The van der Waals surface area contributed by atoms with E-state index in [2.05, 4.69) is 16.8 Å². The average molecular weight is 543 g/mol. The van der Waals surface area contributed by atoms with Crippen LogP contribution in [0.15, 0.2) is 36.5 Å². The van der Waals surface area contributed by atoms with Gasteiger partial charge in [0, 0.05) is 42.4 Å². The summed E-state index contributed by atoms with van der Waals surface area (Å²) in [6.07, 6.45) is 1.42. The lowest BCUT2D eigenvalue weighted by molar-refractivity contribution is -0.153. The number of piperidine rings is 1. The summed E-state index contributed by atoms with van der Waals surface area (Å²) in [5.41, 5.74) is -0.0134. The van der Waals surface area contributed by atoms with Crippen molar-refractivity contribution in [2.45, 2.75) is 38.4 Å². The van der Waals surface area contributed by atoms with Gasteiger partial charge in [0.05, 0.1) is 42.9 Å². The van der Waals surface area contributed by atoms with Crippen molar-refractivity contribution < 1.29 is 38.0 Å². The van der Waals surface area contributed by atoms with Crippen molar-refractivity contribution >= 4 is 16.9 Å². The van der Waals surface area contributed by atoms with E-state index in [1.165, 1.54) is 13.3 Å². The number of hydrogen-bond acceptors (Lipinski definition) is 6. The molecule has 3 N–H and O–H groups in total. The summed E-state index contributed by atoms with van der Waals surface area (Å²) in [5, 5.41) is 31.8. The Bertz CT molecular complexity index is 1400. The number of aliphatic carboxylic acids is 1. The van der Waals surface area contributed by atoms with Crippen molar-refractivity contribution in [1.29, 1.82) is 0 Å². The van der Waals surface area contributed by atoms with Gasteiger partial charge in [0.25, 0.3) is 0 Å². The molecule has 1 atom stereocenters. The van der Waals surface area contributed by atoms with Gasteiger partial charge in [0.1, 0.15) is 23.2 Å². The van der Waals surface area contributed by atoms with Gasteiger partial charge in [-0.15, -0.1) is 0 Å². The molecule has 3 aromatic rings. The minimum absolute atomic E-state index is 0.151. The van der Waals surface area contributed by atoms with Gasteiger partial charge in [-0.1, -0.05) is 11.8 Å². The van der Waals surface area contributed by atoms with Crippen LogP contribution in [0.2, 0.25) is 0 Å². The minimum atomic E-state index is -1.08. The van der Waals surface area contributed by atoms with Crippen molar-refractivity contribution in [2.75, 3.05) is 26.7 Å². The van der Waals surface area contributed by atoms with Crippen LogP contribution in [0.1, 0.15) is 48.5 Å². The number of carboxylic acid groups (broad SMARTS) is 1. The zero-order valence-corrected chi connectivity index (χ0v) is 21.4. The Balaban J connectivity index is 1.44. The molecule has 2 aromatic carbocycles. The molecule has 4 rings (SSSR count). The van der Waals surface area contributed by atoms with Crippen molar-refractivity contribution in [3.8, 4) is 17.6 Å². The fourth-order valence-electron chi connectivity index (χ4n) is 5.05. The largest absolute Gasteiger partial charge is 0.497 e. The molecule has 10 heteroatoms. The molecule has 0 amide bonds. The van der Waals surface area contributed by atoms with E-state index in [4.69, 9.17) is 4.74 Å². The monoisotopic (exact) mass is 542 g/mol. The second-order valence-electron chi connectivity index (χ2n) is 9.70. The Morgan fingerprint density at radius 3 is 2.49 bits per heavy atom. The first-order chi connectivity index (χ1) is 18.7. The third kappa shape index (κ3) is 6.17. The maximum absolute atomic E-state index is 13.8. The van der Waals surface area contributed by atoms with E-state index < -0.39 is 40.5 Å². The number of nitrogens with zero attached hydrogens (tertiary/aromatic N) is 2. The lowest BCUT2D eigenvalue weighted by atomic mass is 9.74. The first-order valence-electron chi connectivity index (χ1n) is 12.5. The normalized spacial score (nSPS) is 15.9. The molecule has 0 bridgehead atoms. The number of aliphatic hydroxyl groups excluding tert-OH is 2. The van der Waals surface area contributed by atoms with Gasteiger partial charge in [0.2, 0.25) is 0 Å². The van der Waals surface area contributed by atoms with Crippen LogP contribution in [0.3, 0.4) is 0 Å². The molecule has 0 radical (unpaired) electrons. The highest BCUT2D eigenvalue weighted by atomic mass is 19.1. The van der Waals surface area contributed by atoms with E-state index in [9.17, 15) is 33.3 Å². The number of methoxy groups -OCH3 is 1. The first kappa shape index (κ1) is 28.4. The minimum Gasteiger partial charge on any atom is -0.497 e. The van der Waals surface area contributed by atoms with Gasteiger partial charge in [-0.2, -0.15) is 0 Å². The molecule has 1 aromatic heterocycles. The smallest absolute Gasteiger partial charge is 0.309 e. The zero-order valence-electron chi connectivity index (χ0n) is 21.4. The summed E-state index contributed by atoms with van der Waals surface area (Å²) >= 11 is 0. The van der Waals surface area contributed by atoms with Crippen molar-refractivity contribution in [3.63, 3.8) is 0 Å². The van der Waals surface area contributed by atoms with Crippen LogP contribution >= 0.6 is 0 Å². The molecule has 7 nitrogen and oxygen atoms in total. The predicted molar refractivity (Wildman–Crippen MR) is 137 cm³/mol. The summed E-state index contributed by atoms with van der Waals surface area (Å²) in [7, 11) is 1.52. The highest BCUT2D eigenvalue weighted by Gasteiger charge is 2.41. The lowest BCUT2D eigenvalue weighted by Gasteiger charge is -2.38. The number of rotatable bonds is 8. The van der Waals surface area contributed by atoms with Crippen LogP contribution in [-0.4, -0.2) is 57.9 Å². The Morgan fingerprint density at radius 1 is 1.18 bits per heavy atom. The Labute approximate surface area is 223 Å². The molecule has 1 fully saturated rings. The number of pyridine rings is 1. The van der Waals surface area contributed by atoms with Gasteiger partial charge >= 0.3 is 5.97 Å². The van der Waals surface area contributed by atoms with Gasteiger partial charge < -0.3 is 20.1 Å². The molecular formula is C29H29F3N2O5. The zero-order chi connectivity index (χ0) is 28.2. The Hall–Kier alpha value is -3.65. The summed E-state index contributed by atoms with van der Waals surface area (Å²) in [5.74, 6) is 1.52. The predicted octanol–water partition coefficient (Wildman–Crippen LogP) is 4.19. The number of halogens is 3. The number of aliphatic hydroxyl groups is 2. The van der Waals surface area contributed by atoms with E-state index in [1.54, 1.807) is 18.2 Å². The van der Waals surface area contributed by atoms with Crippen LogP contribution < -0.4 is 4.74 Å². The van der Waals surface area contributed by atoms with E-state index in [1.807, 2.05) is 4.90 Å². The van der Waals surface area contributed by atoms with Gasteiger partial charge in [0.15, 0.2) is 0 Å². The number of aromatic nitrogens is 1. The van der Waals surface area contributed by atoms with Crippen LogP contribution in [-0.2, 0) is 11.4 Å². The van der Waals surface area contributed by atoms with E-state index in [0.29, 0.717) is 65.8 Å². The molecule has 0 aliphatic carbocycles. The molecule has 0 saturated carbocycles. The summed E-state index contributed by atoms with van der Waals surface area (Å²) < 4.78 is 46.0. The third-order valence-corrected chi connectivity index (χ3v) is 7.39. The second kappa shape index (κ2) is 12.0. The number of hydrogen-bond donors (Lipinski definition) is 3. The summed E-state index contributed by atoms with van der Waals surface area (Å²) in [6, 6.07) is 6.36. The van der Waals surface area contributed by atoms with E-state index in [-0.39, 0.29) is 26.0 Å². The van der Waals surface area contributed by atoms with E-state index >= 15 is 0 Å². The van der Waals surface area contributed by atoms with Crippen LogP contribution in [0.25, 0.3) is 10.9 Å². The van der Waals surface area contributed by atoms with Crippen molar-refractivity contribution in [2.24, 2.45) is 5.41 Å². The fourth-order valence-corrected chi connectivity index (χ4v) is 5.05. The first-order valence-corrected chi connectivity index (χ1v) is 12.5. The lowest BCUT2D eigenvalue weighted by Crippen LogP contribution is -2.44. The SMILES string of the molecule is COc1ccc2ncc(CO)c([C@H](O)CCC3(C(=O)O)CCN(CC#Cc4c(F)cc(F)cc4F)CC3)c2c1. The van der Waals surface area contributed by atoms with E-state index in [0.717, 1.165) is 0 Å². The topological polar surface area (TPSA) is 103 Å². The number of benzene rings is 2. The highest BCUT2D eigenvalue weighted by Crippen LogP contribution is 2.40. The molecule has 206 valence electrons. The standard InChI is InChI=1S/C29H29F3N2O5/c1-39-20-4-5-25-22(15-20)27(18(17-35)16-33-25)26(36)6-7-29(28(37)38)8-11-34(12-9-29)10-2-3-21-23(31)13-19(30)14-24(21)32/h4-5,13-16,26,35-36H,6-12,17H2,1H3,(H,37,38)/t26-/m1/s1. The molecule has 1 saturated heterocycles. The number of likely N-dealkylation sites (tertiary alicyclic amines) is 1. The molecule has 2 heterocycles. The molecule has 1 aliphatic heterocycles. The number of carboxylic acids is 1. The molecule has 0 spiro atoms. The van der Waals surface area contributed by atoms with Crippen LogP contribution in [0.5, 0.6) is 5.75 Å². The van der Waals surface area contributed by atoms with Crippen molar-refractivity contribution in [1.82, 2.24) is 9.88 Å². The van der Waals surface area contributed by atoms with Gasteiger partial charge in [-0.3, -0.25) is 14.7 Å². The fraction of sp³-hybridized carbons (Fsp3) is 0.379. The summed E-state index contributed by atoms with van der Waals surface area (Å²) in [4.78, 5) is 18.6. The van der Waals surface area contributed by atoms with Gasteiger partial charge in [-0.05, 0) is 49.4 Å². The maximum atomic E-state index is 13.8. The third-order valence-electron chi connectivity index (χ3n) is 7.39. The molecule has 39 heavy (non-hydrogen) atoms. The molecule has 1 aliphatic rings. The number of ether oxygens (including phenoxy) is 1. The van der Waals surface area contributed by atoms with Crippen LogP contribution in [0.4, 0.5) is 13.2 Å². The summed E-state index contributed by atoms with van der Waals surface area (Å²) in [6.45, 7) is 0.614. The molecular weight excluding hydrogens is 513 g/mol. The molecule has 0 unspecified atom stereocenters.